The first kappa shape index (κ1) is 35.4. The summed E-state index contributed by atoms with van der Waals surface area (Å²) in [5, 5.41) is 21.4. The number of ether oxygens (including phenoxy) is 1. The van der Waals surface area contributed by atoms with Crippen LogP contribution in [0.5, 0.6) is 5.75 Å². The smallest absolute Gasteiger partial charge is 0.652 e. The predicted octanol–water partition coefficient (Wildman–Crippen LogP) is -1.15. The minimum Gasteiger partial charge on any atom is -0.652 e. The van der Waals surface area contributed by atoms with E-state index in [0.29, 0.717) is 0 Å². The van der Waals surface area contributed by atoms with Crippen LogP contribution in [0.1, 0.15) is 16.7 Å². The van der Waals surface area contributed by atoms with E-state index in [2.05, 4.69) is 41.1 Å². The van der Waals surface area contributed by atoms with Crippen LogP contribution < -0.4 is 118 Å². The average molecular weight is 609 g/mol. The van der Waals surface area contributed by atoms with Gasteiger partial charge in [-0.25, -0.2) is 0 Å². The molecule has 198 valence electrons. The molecule has 0 atom stereocenters. The van der Waals surface area contributed by atoms with Crippen molar-refractivity contribution in [3.8, 4) is 16.9 Å². The van der Waals surface area contributed by atoms with E-state index in [0.717, 1.165) is 27.8 Å². The summed E-state index contributed by atoms with van der Waals surface area (Å²) >= 11 is 0. The largest absolute Gasteiger partial charge is 1.00 e. The molecule has 0 fully saturated rings. The molecular weight excluding hydrogens is 588 g/mol. The Labute approximate surface area is 320 Å². The van der Waals surface area contributed by atoms with Crippen LogP contribution in [-0.4, -0.2) is 22.3 Å². The Kier molecular flexibility index (Phi) is 14.0. The molecular formula is C30H21F3K2N2O4. The molecule has 1 aromatic heterocycles. The molecule has 4 aromatic carbocycles. The van der Waals surface area contributed by atoms with Crippen LogP contribution in [0.2, 0.25) is 0 Å². The van der Waals surface area contributed by atoms with E-state index >= 15 is 0 Å². The summed E-state index contributed by atoms with van der Waals surface area (Å²) in [6.45, 7) is 0. The number of hydrogen-bond acceptors (Lipinski definition) is 5. The molecule has 5 rings (SSSR count). The molecule has 0 aliphatic rings. The fourth-order valence-corrected chi connectivity index (χ4v) is 4.44. The fraction of sp³-hybridized carbons (Fsp3) is 0.0667. The normalized spacial score (nSPS) is 10.7. The first-order valence-corrected chi connectivity index (χ1v) is 11.7. The van der Waals surface area contributed by atoms with Gasteiger partial charge in [-0.3, -0.25) is 4.68 Å². The van der Waals surface area contributed by atoms with Gasteiger partial charge in [0, 0.05) is 11.8 Å². The van der Waals surface area contributed by atoms with Crippen molar-refractivity contribution in [2.45, 2.75) is 11.9 Å². The zero-order valence-corrected chi connectivity index (χ0v) is 28.5. The van der Waals surface area contributed by atoms with Crippen molar-refractivity contribution in [3.05, 3.63) is 144 Å². The number of aromatic nitrogens is 2. The van der Waals surface area contributed by atoms with Gasteiger partial charge in [-0.1, -0.05) is 103 Å². The summed E-state index contributed by atoms with van der Waals surface area (Å²) in [7, 11) is 0. The number of carbonyl (C=O) groups excluding carboxylic acids is 1. The number of carbonyl (C=O) groups is 1. The van der Waals surface area contributed by atoms with E-state index in [1.807, 2.05) is 65.5 Å². The number of nitrogens with zero attached hydrogens (tertiary/aromatic N) is 2. The van der Waals surface area contributed by atoms with Gasteiger partial charge in [-0.15, -0.1) is 13.2 Å². The van der Waals surface area contributed by atoms with Crippen molar-refractivity contribution in [2.24, 2.45) is 0 Å². The quantitative estimate of drug-likeness (QED) is 0.180. The molecule has 41 heavy (non-hydrogen) atoms. The number of hydrogen-bond donors (Lipinski definition) is 0. The summed E-state index contributed by atoms with van der Waals surface area (Å²) in [5.74, 6) is -0.263. The van der Waals surface area contributed by atoms with Crippen molar-refractivity contribution in [1.29, 1.82) is 0 Å². The Morgan fingerprint density at radius 2 is 1.05 bits per heavy atom. The third kappa shape index (κ3) is 9.10. The number of halogens is 3. The second kappa shape index (κ2) is 16.2. The number of rotatable bonds is 6. The summed E-state index contributed by atoms with van der Waals surface area (Å²) in [6, 6.07) is 36.2. The third-order valence-corrected chi connectivity index (χ3v) is 5.92. The van der Waals surface area contributed by atoms with Crippen LogP contribution in [0.25, 0.3) is 11.1 Å². The van der Waals surface area contributed by atoms with Crippen LogP contribution in [0.4, 0.5) is 18.0 Å². The molecule has 11 heteroatoms. The zero-order chi connectivity index (χ0) is 27.9. The van der Waals surface area contributed by atoms with Gasteiger partial charge in [-0.05, 0) is 40.5 Å². The van der Waals surface area contributed by atoms with E-state index in [1.54, 1.807) is 18.3 Å². The van der Waals surface area contributed by atoms with Gasteiger partial charge in [0.25, 0.3) is 0 Å². The summed E-state index contributed by atoms with van der Waals surface area (Å²) in [6.07, 6.45) is -3.41. The monoisotopic (exact) mass is 608 g/mol. The van der Waals surface area contributed by atoms with Crippen molar-refractivity contribution in [3.63, 3.8) is 0 Å². The van der Waals surface area contributed by atoms with Gasteiger partial charge in [0.05, 0.1) is 6.20 Å². The van der Waals surface area contributed by atoms with Crippen LogP contribution in [0.15, 0.2) is 128 Å². The maximum atomic E-state index is 12.5. The van der Waals surface area contributed by atoms with Crippen molar-refractivity contribution in [2.75, 3.05) is 0 Å². The number of benzene rings is 4. The standard InChI is InChI=1S/C29H21F3N2O.CH2O3.2K/c30-29(31,32)35-27-18-16-22(17-19-27)23-20-33-34(21-23)28(24-10-4-1-5-11-24,25-12-6-2-7-13-25)26-14-8-3-9-15-26;2-1(3)4;;/h1-21H;(H2,2,3,4);;/q;;2*+1/p-2. The number of carboxylic acid groups (broad SMARTS) is 2. The van der Waals surface area contributed by atoms with E-state index in [9.17, 15) is 13.2 Å². The van der Waals surface area contributed by atoms with Gasteiger partial charge in [-0.2, -0.15) is 5.10 Å². The number of alkyl halides is 3. The Morgan fingerprint density at radius 3 is 1.41 bits per heavy atom. The molecule has 0 amide bonds. The van der Waals surface area contributed by atoms with Crippen molar-refractivity contribution < 1.29 is 136 Å². The topological polar surface area (TPSA) is 90.2 Å². The molecule has 5 aromatic rings. The maximum Gasteiger partial charge on any atom is 1.00 e. The molecule has 0 saturated heterocycles. The van der Waals surface area contributed by atoms with Crippen molar-refractivity contribution in [1.82, 2.24) is 9.78 Å². The van der Waals surface area contributed by atoms with Gasteiger partial charge in [0.2, 0.25) is 0 Å². The van der Waals surface area contributed by atoms with Crippen LogP contribution in [-0.2, 0) is 5.54 Å². The van der Waals surface area contributed by atoms with Gasteiger partial charge in [0.1, 0.15) is 11.3 Å². The molecule has 0 saturated carbocycles. The summed E-state index contributed by atoms with van der Waals surface area (Å²) in [4.78, 5) is 8.33. The third-order valence-electron chi connectivity index (χ3n) is 5.92. The summed E-state index contributed by atoms with van der Waals surface area (Å²) < 4.78 is 43.6. The summed E-state index contributed by atoms with van der Waals surface area (Å²) in [5.41, 5.74) is 3.83. The van der Waals surface area contributed by atoms with E-state index in [-0.39, 0.29) is 109 Å². The minimum atomic E-state index is -4.73. The molecule has 0 spiro atoms. The van der Waals surface area contributed by atoms with Crippen LogP contribution in [0.3, 0.4) is 0 Å². The first-order valence-electron chi connectivity index (χ1n) is 11.7. The molecule has 0 aliphatic heterocycles. The Hall–Kier alpha value is -1.78. The first-order chi connectivity index (χ1) is 18.7. The Balaban J connectivity index is 0.000000921. The van der Waals surface area contributed by atoms with E-state index in [4.69, 9.17) is 20.1 Å². The SMILES string of the molecule is FC(F)(F)Oc1ccc(-c2cnn(C(c3ccccc3)(c3ccccc3)c3ccccc3)c2)cc1.O=C([O-])[O-].[K+].[K+]. The van der Waals surface area contributed by atoms with Gasteiger partial charge < -0.3 is 19.7 Å². The van der Waals surface area contributed by atoms with Crippen LogP contribution in [0, 0.1) is 0 Å². The average Bonchev–Trinajstić information content (AvgIpc) is 3.41. The predicted molar refractivity (Wildman–Crippen MR) is 134 cm³/mol. The fourth-order valence-electron chi connectivity index (χ4n) is 4.44. The zero-order valence-electron chi connectivity index (χ0n) is 22.3. The van der Waals surface area contributed by atoms with Gasteiger partial charge >= 0.3 is 109 Å². The molecule has 0 bridgehead atoms. The second-order valence-electron chi connectivity index (χ2n) is 8.30. The molecule has 6 nitrogen and oxygen atoms in total. The van der Waals surface area contributed by atoms with E-state index < -0.39 is 18.1 Å². The van der Waals surface area contributed by atoms with Crippen molar-refractivity contribution >= 4 is 6.16 Å². The maximum absolute atomic E-state index is 12.5. The second-order valence-corrected chi connectivity index (χ2v) is 8.30. The Morgan fingerprint density at radius 1 is 0.659 bits per heavy atom. The minimum absolute atomic E-state index is 0. The molecule has 0 N–H and O–H groups in total. The molecule has 0 radical (unpaired) electrons. The molecule has 0 unspecified atom stereocenters. The van der Waals surface area contributed by atoms with E-state index in [1.165, 1.54) is 12.1 Å². The Bertz CT molecular complexity index is 1400. The molecule has 0 aliphatic carbocycles. The molecule has 1 heterocycles. The van der Waals surface area contributed by atoms with Crippen LogP contribution >= 0.6 is 0 Å². The van der Waals surface area contributed by atoms with Gasteiger partial charge in [0.15, 0.2) is 0 Å².